The van der Waals surface area contributed by atoms with E-state index in [1.807, 2.05) is 12.1 Å². The molecule has 100 valence electrons. The van der Waals surface area contributed by atoms with Gasteiger partial charge in [0.2, 0.25) is 0 Å². The van der Waals surface area contributed by atoms with Crippen molar-refractivity contribution in [2.75, 3.05) is 25.2 Å². The molecule has 0 radical (unpaired) electrons. The molecule has 18 heavy (non-hydrogen) atoms. The van der Waals surface area contributed by atoms with Crippen LogP contribution in [0.4, 0.5) is 5.69 Å². The second kappa shape index (κ2) is 7.39. The number of benzene rings is 1. The largest absolute Gasteiger partial charge is 0.383 e. The Bertz CT molecular complexity index is 395. The van der Waals surface area contributed by atoms with Gasteiger partial charge < -0.3 is 9.64 Å². The molecular weight excluding hydrogens is 250 g/mol. The van der Waals surface area contributed by atoms with Crippen molar-refractivity contribution >= 4 is 23.6 Å². The molecule has 0 N–H and O–H groups in total. The van der Waals surface area contributed by atoms with Crippen LogP contribution in [0.25, 0.3) is 0 Å². The van der Waals surface area contributed by atoms with Crippen LogP contribution in [0.15, 0.2) is 18.2 Å². The molecular formula is C14H20ClNO2. The first-order chi connectivity index (χ1) is 8.63. The van der Waals surface area contributed by atoms with E-state index in [0.717, 1.165) is 24.9 Å². The molecule has 1 aromatic carbocycles. The number of aldehydes is 1. The highest BCUT2D eigenvalue weighted by molar-refractivity contribution is 6.33. The third-order valence-corrected chi connectivity index (χ3v) is 3.43. The molecule has 0 aromatic heterocycles. The van der Waals surface area contributed by atoms with Crippen LogP contribution in [-0.2, 0) is 4.74 Å². The van der Waals surface area contributed by atoms with Crippen LogP contribution in [0, 0.1) is 0 Å². The Balaban J connectivity index is 2.97. The van der Waals surface area contributed by atoms with Gasteiger partial charge in [-0.15, -0.1) is 0 Å². The summed E-state index contributed by atoms with van der Waals surface area (Å²) in [5.74, 6) is 0. The molecule has 3 nitrogen and oxygen atoms in total. The smallest absolute Gasteiger partial charge is 0.151 e. The van der Waals surface area contributed by atoms with Gasteiger partial charge in [-0.1, -0.05) is 18.5 Å². The molecule has 0 saturated heterocycles. The zero-order chi connectivity index (χ0) is 13.5. The van der Waals surface area contributed by atoms with E-state index in [2.05, 4.69) is 18.7 Å². The van der Waals surface area contributed by atoms with Crippen molar-refractivity contribution in [1.29, 1.82) is 0 Å². The van der Waals surface area contributed by atoms with E-state index < -0.39 is 0 Å². The number of halogens is 1. The number of nitrogens with zero attached hydrogens (tertiary/aromatic N) is 1. The molecule has 0 bridgehead atoms. The molecule has 0 amide bonds. The van der Waals surface area contributed by atoms with Crippen LogP contribution in [-0.4, -0.2) is 32.6 Å². The van der Waals surface area contributed by atoms with Gasteiger partial charge in [-0.3, -0.25) is 4.79 Å². The van der Waals surface area contributed by atoms with Gasteiger partial charge in [-0.05, 0) is 31.5 Å². The van der Waals surface area contributed by atoms with Gasteiger partial charge in [0.1, 0.15) is 0 Å². The molecule has 0 aliphatic carbocycles. The molecule has 0 heterocycles. The maximum Gasteiger partial charge on any atom is 0.151 e. The fourth-order valence-electron chi connectivity index (χ4n) is 1.80. The van der Waals surface area contributed by atoms with Crippen LogP contribution in [0.2, 0.25) is 5.02 Å². The lowest BCUT2D eigenvalue weighted by Crippen LogP contribution is -2.35. The number of carbonyl (C=O) groups is 1. The first-order valence-electron chi connectivity index (χ1n) is 6.14. The number of carbonyl (C=O) groups excluding carboxylic acids is 1. The second-order valence-corrected chi connectivity index (χ2v) is 4.67. The third kappa shape index (κ3) is 3.72. The standard InChI is InChI=1S/C14H20ClNO2/c1-4-11(2)16(7-8-18-3)13-6-5-12(10-17)14(15)9-13/h5-6,9-11H,4,7-8H2,1-3H3. The van der Waals surface area contributed by atoms with Crippen LogP contribution < -0.4 is 4.90 Å². The molecule has 4 heteroatoms. The average Bonchev–Trinajstić information content (AvgIpc) is 2.39. The van der Waals surface area contributed by atoms with Gasteiger partial charge in [-0.25, -0.2) is 0 Å². The summed E-state index contributed by atoms with van der Waals surface area (Å²) < 4.78 is 5.13. The summed E-state index contributed by atoms with van der Waals surface area (Å²) in [6, 6.07) is 5.93. The summed E-state index contributed by atoms with van der Waals surface area (Å²) in [7, 11) is 1.69. The summed E-state index contributed by atoms with van der Waals surface area (Å²) >= 11 is 6.07. The Hall–Kier alpha value is -1.06. The third-order valence-electron chi connectivity index (χ3n) is 3.10. The highest BCUT2D eigenvalue weighted by atomic mass is 35.5. The van der Waals surface area contributed by atoms with E-state index in [1.165, 1.54) is 0 Å². The summed E-state index contributed by atoms with van der Waals surface area (Å²) in [5, 5.41) is 0.494. The van der Waals surface area contributed by atoms with Crippen molar-refractivity contribution in [2.24, 2.45) is 0 Å². The summed E-state index contributed by atoms with van der Waals surface area (Å²) in [4.78, 5) is 13.0. The Morgan fingerprint density at radius 2 is 2.22 bits per heavy atom. The molecule has 0 saturated carbocycles. The predicted molar refractivity (Wildman–Crippen MR) is 75.8 cm³/mol. The minimum absolute atomic E-state index is 0.401. The zero-order valence-corrected chi connectivity index (χ0v) is 11.9. The van der Waals surface area contributed by atoms with E-state index in [0.29, 0.717) is 23.2 Å². The van der Waals surface area contributed by atoms with Gasteiger partial charge in [0.15, 0.2) is 6.29 Å². The lowest BCUT2D eigenvalue weighted by molar-refractivity contribution is 0.112. The summed E-state index contributed by atoms with van der Waals surface area (Å²) in [6.45, 7) is 5.78. The van der Waals surface area contributed by atoms with E-state index >= 15 is 0 Å². The van der Waals surface area contributed by atoms with Crippen molar-refractivity contribution in [3.05, 3.63) is 28.8 Å². The highest BCUT2D eigenvalue weighted by Crippen LogP contribution is 2.24. The SMILES string of the molecule is CCC(C)N(CCOC)c1ccc(C=O)c(Cl)c1. The van der Waals surface area contributed by atoms with Gasteiger partial charge in [-0.2, -0.15) is 0 Å². The number of hydrogen-bond donors (Lipinski definition) is 0. The molecule has 0 aliphatic rings. The Morgan fingerprint density at radius 3 is 2.72 bits per heavy atom. The zero-order valence-electron chi connectivity index (χ0n) is 11.1. The molecule has 0 fully saturated rings. The van der Waals surface area contributed by atoms with E-state index in [4.69, 9.17) is 16.3 Å². The lowest BCUT2D eigenvalue weighted by Gasteiger charge is -2.30. The Kier molecular flexibility index (Phi) is 6.16. The van der Waals surface area contributed by atoms with E-state index in [1.54, 1.807) is 13.2 Å². The highest BCUT2D eigenvalue weighted by Gasteiger charge is 2.14. The van der Waals surface area contributed by atoms with Crippen molar-refractivity contribution in [3.63, 3.8) is 0 Å². The molecule has 1 aromatic rings. The number of rotatable bonds is 7. The number of anilines is 1. The molecule has 1 rings (SSSR count). The monoisotopic (exact) mass is 269 g/mol. The minimum Gasteiger partial charge on any atom is -0.383 e. The van der Waals surface area contributed by atoms with Crippen LogP contribution in [0.5, 0.6) is 0 Å². The van der Waals surface area contributed by atoms with Gasteiger partial charge in [0, 0.05) is 30.9 Å². The quantitative estimate of drug-likeness (QED) is 0.711. The minimum atomic E-state index is 0.401. The summed E-state index contributed by atoms with van der Waals surface area (Å²) in [5.41, 5.74) is 1.55. The maximum atomic E-state index is 10.8. The maximum absolute atomic E-state index is 10.8. The molecule has 1 unspecified atom stereocenters. The van der Waals surface area contributed by atoms with Crippen LogP contribution in [0.3, 0.4) is 0 Å². The molecule has 0 aliphatic heterocycles. The Labute approximate surface area is 114 Å². The van der Waals surface area contributed by atoms with Crippen molar-refractivity contribution < 1.29 is 9.53 Å². The predicted octanol–water partition coefficient (Wildman–Crippen LogP) is 3.40. The van der Waals surface area contributed by atoms with E-state index in [-0.39, 0.29) is 0 Å². The first kappa shape index (κ1) is 15.0. The number of methoxy groups -OCH3 is 1. The average molecular weight is 270 g/mol. The van der Waals surface area contributed by atoms with Crippen molar-refractivity contribution in [2.45, 2.75) is 26.3 Å². The van der Waals surface area contributed by atoms with Gasteiger partial charge in [0.05, 0.1) is 11.6 Å². The van der Waals surface area contributed by atoms with Gasteiger partial charge >= 0.3 is 0 Å². The molecule has 0 spiro atoms. The second-order valence-electron chi connectivity index (χ2n) is 4.27. The molecule has 1 atom stereocenters. The van der Waals surface area contributed by atoms with Crippen LogP contribution in [0.1, 0.15) is 30.6 Å². The van der Waals surface area contributed by atoms with Crippen LogP contribution >= 0.6 is 11.6 Å². The topological polar surface area (TPSA) is 29.5 Å². The van der Waals surface area contributed by atoms with Gasteiger partial charge in [0.25, 0.3) is 0 Å². The van der Waals surface area contributed by atoms with E-state index in [9.17, 15) is 4.79 Å². The fraction of sp³-hybridized carbons (Fsp3) is 0.500. The number of hydrogen-bond acceptors (Lipinski definition) is 3. The Morgan fingerprint density at radius 1 is 1.50 bits per heavy atom. The fourth-order valence-corrected chi connectivity index (χ4v) is 2.02. The first-order valence-corrected chi connectivity index (χ1v) is 6.52. The van der Waals surface area contributed by atoms with Crippen molar-refractivity contribution in [3.8, 4) is 0 Å². The van der Waals surface area contributed by atoms with Crippen molar-refractivity contribution in [1.82, 2.24) is 0 Å². The lowest BCUT2D eigenvalue weighted by atomic mass is 10.1. The summed E-state index contributed by atoms with van der Waals surface area (Å²) in [6.07, 6.45) is 1.81. The number of ether oxygens (including phenoxy) is 1. The normalized spacial score (nSPS) is 12.2.